The molecule has 5 nitrogen and oxygen atoms in total. The van der Waals surface area contributed by atoms with Crippen molar-refractivity contribution in [1.29, 1.82) is 0 Å². The number of Topliss-reactive ketones (excluding diaryl/α,β-unsaturated/α-hetero) is 1. The van der Waals surface area contributed by atoms with Crippen LogP contribution in [0.3, 0.4) is 0 Å². The van der Waals surface area contributed by atoms with Crippen LogP contribution in [0.2, 0.25) is 5.02 Å². The number of rotatable bonds is 3. The van der Waals surface area contributed by atoms with Crippen LogP contribution < -0.4 is 4.90 Å². The highest BCUT2D eigenvalue weighted by Crippen LogP contribution is 2.36. The first-order valence-electron chi connectivity index (χ1n) is 7.01. The van der Waals surface area contributed by atoms with Crippen LogP contribution in [0.5, 0.6) is 0 Å². The summed E-state index contributed by atoms with van der Waals surface area (Å²) >= 11 is 6.04. The molecular formula is C17H19ClN2O3. The Kier molecular flexibility index (Phi) is 6.72. The Morgan fingerprint density at radius 2 is 2.00 bits per heavy atom. The number of halogens is 1. The van der Waals surface area contributed by atoms with E-state index in [1.54, 1.807) is 17.2 Å². The Morgan fingerprint density at radius 1 is 1.39 bits per heavy atom. The maximum atomic E-state index is 11.3. The molecule has 0 saturated heterocycles. The number of allylic oxidation sites excluding steroid dienone is 3. The third-order valence-electron chi connectivity index (χ3n) is 3.21. The fourth-order valence-corrected chi connectivity index (χ4v) is 2.12. The van der Waals surface area contributed by atoms with Gasteiger partial charge in [0.2, 0.25) is 0 Å². The lowest BCUT2D eigenvalue weighted by Crippen LogP contribution is -2.10. The summed E-state index contributed by atoms with van der Waals surface area (Å²) in [6.07, 6.45) is 6.13. The number of ketones is 1. The van der Waals surface area contributed by atoms with E-state index in [9.17, 15) is 14.9 Å². The number of anilines is 1. The lowest BCUT2D eigenvalue weighted by atomic mass is 10.1. The van der Waals surface area contributed by atoms with E-state index >= 15 is 0 Å². The van der Waals surface area contributed by atoms with Gasteiger partial charge in [-0.15, -0.1) is 0 Å². The average Bonchev–Trinajstić information content (AvgIpc) is 2.89. The minimum atomic E-state index is -0.509. The summed E-state index contributed by atoms with van der Waals surface area (Å²) in [5.41, 5.74) is 1.85. The zero-order valence-electron chi connectivity index (χ0n) is 13.4. The molecule has 1 aromatic rings. The number of carbonyl (C=O) groups excluding carboxylic acids is 1. The zero-order valence-corrected chi connectivity index (χ0v) is 14.1. The van der Waals surface area contributed by atoms with Gasteiger partial charge in [0.25, 0.3) is 5.69 Å². The van der Waals surface area contributed by atoms with Crippen LogP contribution in [0.25, 0.3) is 0 Å². The number of nitrogens with zero attached hydrogens (tertiary/aromatic N) is 2. The van der Waals surface area contributed by atoms with Crippen molar-refractivity contribution < 1.29 is 9.72 Å². The number of hydrogen-bond donors (Lipinski definition) is 0. The van der Waals surface area contributed by atoms with Crippen LogP contribution in [-0.2, 0) is 4.79 Å². The number of carbonyl (C=O) groups is 1. The first-order chi connectivity index (χ1) is 10.8. The molecule has 0 aliphatic carbocycles. The molecule has 122 valence electrons. The van der Waals surface area contributed by atoms with Crippen LogP contribution in [-0.4, -0.2) is 10.7 Å². The highest BCUT2D eigenvalue weighted by atomic mass is 35.5. The maximum absolute atomic E-state index is 11.3. The summed E-state index contributed by atoms with van der Waals surface area (Å²) in [5.74, 6) is -0.0262. The molecular weight excluding hydrogens is 316 g/mol. The van der Waals surface area contributed by atoms with Crippen molar-refractivity contribution in [3.05, 3.63) is 69.5 Å². The zero-order chi connectivity index (χ0) is 17.6. The maximum Gasteiger partial charge on any atom is 0.271 e. The second-order valence-corrected chi connectivity index (χ2v) is 5.29. The van der Waals surface area contributed by atoms with E-state index in [2.05, 4.69) is 6.58 Å². The van der Waals surface area contributed by atoms with E-state index in [0.29, 0.717) is 23.4 Å². The predicted molar refractivity (Wildman–Crippen MR) is 93.6 cm³/mol. The molecule has 6 heteroatoms. The fourth-order valence-electron chi connectivity index (χ4n) is 1.86. The van der Waals surface area contributed by atoms with Crippen molar-refractivity contribution >= 4 is 28.8 Å². The molecule has 0 atom stereocenters. The van der Waals surface area contributed by atoms with Gasteiger partial charge in [0.15, 0.2) is 5.78 Å². The van der Waals surface area contributed by atoms with Gasteiger partial charge in [-0.2, -0.15) is 0 Å². The molecule has 1 heterocycles. The minimum Gasteiger partial charge on any atom is -0.319 e. The molecule has 0 fully saturated rings. The molecule has 0 spiro atoms. The summed E-state index contributed by atoms with van der Waals surface area (Å²) in [4.78, 5) is 23.2. The molecule has 2 rings (SSSR count). The Bertz CT molecular complexity index is 689. The van der Waals surface area contributed by atoms with E-state index in [1.165, 1.54) is 19.1 Å². The average molecular weight is 335 g/mol. The van der Waals surface area contributed by atoms with Crippen LogP contribution in [0.15, 0.2) is 54.4 Å². The van der Waals surface area contributed by atoms with Crippen LogP contribution in [0.4, 0.5) is 11.4 Å². The molecule has 1 aliphatic heterocycles. The SMILES string of the molecule is C/C=C\C.C=C1CC(C(C)=O)=CN1c1ccc([N+](=O)[O-])cc1Cl. The predicted octanol–water partition coefficient (Wildman–Crippen LogP) is 5.03. The second-order valence-electron chi connectivity index (χ2n) is 4.88. The highest BCUT2D eigenvalue weighted by molar-refractivity contribution is 6.33. The smallest absolute Gasteiger partial charge is 0.271 e. The van der Waals surface area contributed by atoms with Gasteiger partial charge in [-0.25, -0.2) is 0 Å². The molecule has 0 N–H and O–H groups in total. The Balaban J connectivity index is 0.000000593. The van der Waals surface area contributed by atoms with Crippen molar-refractivity contribution in [3.8, 4) is 0 Å². The third-order valence-corrected chi connectivity index (χ3v) is 3.51. The molecule has 0 saturated carbocycles. The third kappa shape index (κ3) is 4.79. The summed E-state index contributed by atoms with van der Waals surface area (Å²) in [6.45, 7) is 9.36. The lowest BCUT2D eigenvalue weighted by Gasteiger charge is -2.18. The standard InChI is InChI=1S/C13H11ClN2O3.C4H8/c1-8-5-10(9(2)17)7-15(8)13-4-3-11(16(18)19)6-12(13)14;1-3-4-2/h3-4,6-7H,1,5H2,2H3;3-4H,1-2H3/b;4-3-. The van der Waals surface area contributed by atoms with Gasteiger partial charge >= 0.3 is 0 Å². The molecule has 0 aromatic heterocycles. The van der Waals surface area contributed by atoms with Gasteiger partial charge in [-0.1, -0.05) is 30.3 Å². The van der Waals surface area contributed by atoms with E-state index in [1.807, 2.05) is 26.0 Å². The fraction of sp³-hybridized carbons (Fsp3) is 0.235. The quantitative estimate of drug-likeness (QED) is 0.442. The van der Waals surface area contributed by atoms with Gasteiger partial charge in [-0.3, -0.25) is 14.9 Å². The summed E-state index contributed by atoms with van der Waals surface area (Å²) in [6, 6.07) is 4.20. The van der Waals surface area contributed by atoms with Crippen LogP contribution in [0, 0.1) is 10.1 Å². The van der Waals surface area contributed by atoms with Crippen molar-refractivity contribution in [2.45, 2.75) is 27.2 Å². The van der Waals surface area contributed by atoms with Gasteiger partial charge < -0.3 is 4.90 Å². The highest BCUT2D eigenvalue weighted by Gasteiger charge is 2.23. The molecule has 1 aromatic carbocycles. The topological polar surface area (TPSA) is 63.5 Å². The Hall–Kier alpha value is -2.40. The normalized spacial score (nSPS) is 13.7. The molecule has 1 aliphatic rings. The summed E-state index contributed by atoms with van der Waals surface area (Å²) in [7, 11) is 0. The van der Waals surface area contributed by atoms with Crippen molar-refractivity contribution in [2.24, 2.45) is 0 Å². The van der Waals surface area contributed by atoms with Gasteiger partial charge in [0.05, 0.1) is 15.6 Å². The van der Waals surface area contributed by atoms with Crippen molar-refractivity contribution in [1.82, 2.24) is 0 Å². The number of benzene rings is 1. The summed E-state index contributed by atoms with van der Waals surface area (Å²) in [5, 5.41) is 10.9. The first-order valence-corrected chi connectivity index (χ1v) is 7.39. The monoisotopic (exact) mass is 334 g/mol. The first kappa shape index (κ1) is 18.6. The van der Waals surface area contributed by atoms with Gasteiger partial charge in [-0.05, 0) is 26.8 Å². The lowest BCUT2D eigenvalue weighted by molar-refractivity contribution is -0.384. The Labute approximate surface area is 140 Å². The van der Waals surface area contributed by atoms with E-state index in [0.717, 1.165) is 0 Å². The largest absolute Gasteiger partial charge is 0.319 e. The van der Waals surface area contributed by atoms with Gasteiger partial charge in [0.1, 0.15) is 0 Å². The van der Waals surface area contributed by atoms with E-state index in [-0.39, 0.29) is 16.5 Å². The molecule has 0 bridgehead atoms. The minimum absolute atomic E-state index is 0.0262. The summed E-state index contributed by atoms with van der Waals surface area (Å²) < 4.78 is 0. The Morgan fingerprint density at radius 3 is 2.39 bits per heavy atom. The van der Waals surface area contributed by atoms with Crippen LogP contribution >= 0.6 is 11.6 Å². The van der Waals surface area contributed by atoms with Crippen molar-refractivity contribution in [3.63, 3.8) is 0 Å². The van der Waals surface area contributed by atoms with Gasteiger partial charge in [0, 0.05) is 36.0 Å². The number of nitro groups is 1. The molecule has 23 heavy (non-hydrogen) atoms. The van der Waals surface area contributed by atoms with Crippen molar-refractivity contribution in [2.75, 3.05) is 4.90 Å². The van der Waals surface area contributed by atoms with E-state index in [4.69, 9.17) is 11.6 Å². The van der Waals surface area contributed by atoms with Crippen LogP contribution in [0.1, 0.15) is 27.2 Å². The van der Waals surface area contributed by atoms with E-state index < -0.39 is 4.92 Å². The number of non-ortho nitro benzene ring substituents is 1. The molecule has 0 amide bonds. The number of hydrogen-bond acceptors (Lipinski definition) is 4. The molecule has 0 unspecified atom stereocenters. The molecule has 0 radical (unpaired) electrons. The number of nitro benzene ring substituents is 1. The second kappa shape index (κ2) is 8.29.